The van der Waals surface area contributed by atoms with Gasteiger partial charge < -0.3 is 20.7 Å². The van der Waals surface area contributed by atoms with Gasteiger partial charge in [0.2, 0.25) is 0 Å². The van der Waals surface area contributed by atoms with E-state index in [0.717, 1.165) is 41.3 Å². The number of urea groups is 1. The van der Waals surface area contributed by atoms with Gasteiger partial charge in [-0.2, -0.15) is 0 Å². The number of halogens is 1. The Balaban J connectivity index is 1.30. The number of nitrogens with zero attached hydrogens (tertiary/aromatic N) is 2. The first-order valence-electron chi connectivity index (χ1n) is 12.0. The molecule has 1 aliphatic rings. The van der Waals surface area contributed by atoms with E-state index >= 15 is 0 Å². The van der Waals surface area contributed by atoms with Gasteiger partial charge in [0.25, 0.3) is 0 Å². The Morgan fingerprint density at radius 1 is 1.14 bits per heavy atom. The predicted octanol–water partition coefficient (Wildman–Crippen LogP) is 5.83. The minimum Gasteiger partial charge on any atom is -0.447 e. The van der Waals surface area contributed by atoms with Crippen molar-refractivity contribution in [2.45, 2.75) is 64.1 Å². The van der Waals surface area contributed by atoms with Crippen LogP contribution in [0.5, 0.6) is 0 Å². The van der Waals surface area contributed by atoms with Crippen LogP contribution < -0.4 is 16.0 Å². The third kappa shape index (κ3) is 7.00. The third-order valence-corrected chi connectivity index (χ3v) is 7.11. The van der Waals surface area contributed by atoms with Crippen LogP contribution >= 0.6 is 11.3 Å². The molecule has 1 fully saturated rings. The number of rotatable bonds is 7. The highest BCUT2D eigenvalue weighted by molar-refractivity contribution is 7.15. The largest absolute Gasteiger partial charge is 0.447 e. The fourth-order valence-electron chi connectivity index (χ4n) is 4.14. The molecule has 0 atom stereocenters. The zero-order valence-corrected chi connectivity index (χ0v) is 21.1. The van der Waals surface area contributed by atoms with Crippen molar-refractivity contribution in [3.05, 3.63) is 65.3 Å². The van der Waals surface area contributed by atoms with Gasteiger partial charge in [-0.3, -0.25) is 4.98 Å². The standard InChI is InChI=1S/C26H30FN5O3S/c1-16(2)35-26(34)32-18-8-6-17(7-9-18)24-29-15-23(36-24)21-11-10-19(13-22(21)27)31-25(33)30-14-20-5-3-4-12-28-20/h3-5,10-13,15-18H,6-9,14H2,1-2H3,(H,32,34)(H2,30,31,33). The predicted molar refractivity (Wildman–Crippen MR) is 137 cm³/mol. The highest BCUT2D eigenvalue weighted by atomic mass is 32.1. The quantitative estimate of drug-likeness (QED) is 0.370. The van der Waals surface area contributed by atoms with Crippen molar-refractivity contribution in [1.29, 1.82) is 0 Å². The zero-order chi connectivity index (χ0) is 25.5. The van der Waals surface area contributed by atoms with Crippen LogP contribution in [0, 0.1) is 5.82 Å². The van der Waals surface area contributed by atoms with E-state index in [9.17, 15) is 14.0 Å². The number of alkyl carbamates (subject to hydrolysis) is 1. The summed E-state index contributed by atoms with van der Waals surface area (Å²) in [6.45, 7) is 3.92. The maximum absolute atomic E-state index is 14.9. The number of nitrogens with one attached hydrogen (secondary N) is 3. The number of carbonyl (C=O) groups excluding carboxylic acids is 2. The average Bonchev–Trinajstić information content (AvgIpc) is 3.33. The molecule has 0 saturated heterocycles. The Hall–Kier alpha value is -3.53. The molecule has 10 heteroatoms. The van der Waals surface area contributed by atoms with Gasteiger partial charge in [-0.05, 0) is 69.9 Å². The molecule has 190 valence electrons. The number of hydrogen-bond acceptors (Lipinski definition) is 6. The minimum absolute atomic E-state index is 0.102. The van der Waals surface area contributed by atoms with Crippen LogP contribution in [-0.4, -0.2) is 34.2 Å². The van der Waals surface area contributed by atoms with Gasteiger partial charge in [0.1, 0.15) is 5.82 Å². The van der Waals surface area contributed by atoms with Crippen molar-refractivity contribution >= 4 is 29.1 Å². The first-order chi connectivity index (χ1) is 17.4. The van der Waals surface area contributed by atoms with E-state index in [2.05, 4.69) is 25.9 Å². The van der Waals surface area contributed by atoms with E-state index in [0.29, 0.717) is 11.3 Å². The number of ether oxygens (including phenoxy) is 1. The molecule has 36 heavy (non-hydrogen) atoms. The summed E-state index contributed by atoms with van der Waals surface area (Å²) in [6, 6.07) is 9.76. The van der Waals surface area contributed by atoms with Crippen LogP contribution in [0.2, 0.25) is 0 Å². The van der Waals surface area contributed by atoms with Gasteiger partial charge in [-0.1, -0.05) is 6.07 Å². The van der Waals surface area contributed by atoms with Crippen molar-refractivity contribution in [2.75, 3.05) is 5.32 Å². The summed E-state index contributed by atoms with van der Waals surface area (Å²) >= 11 is 1.49. The fourth-order valence-corrected chi connectivity index (χ4v) is 5.26. The molecular weight excluding hydrogens is 481 g/mol. The number of anilines is 1. The second-order valence-corrected chi connectivity index (χ2v) is 10.1. The number of thiazole rings is 1. The molecule has 3 amide bonds. The normalized spacial score (nSPS) is 17.4. The highest BCUT2D eigenvalue weighted by Crippen LogP contribution is 2.38. The number of pyridine rings is 1. The SMILES string of the molecule is CC(C)OC(=O)NC1CCC(c2ncc(-c3ccc(NC(=O)NCc4ccccn4)cc3F)s2)CC1. The monoisotopic (exact) mass is 511 g/mol. The van der Waals surface area contributed by atoms with Crippen molar-refractivity contribution in [3.63, 3.8) is 0 Å². The number of amides is 3. The van der Waals surface area contributed by atoms with Gasteiger partial charge in [0.05, 0.1) is 28.2 Å². The summed E-state index contributed by atoms with van der Waals surface area (Å²) < 4.78 is 20.1. The number of hydrogen-bond donors (Lipinski definition) is 3. The molecule has 1 aliphatic carbocycles. The lowest BCUT2D eigenvalue weighted by Gasteiger charge is -2.28. The lowest BCUT2D eigenvalue weighted by atomic mass is 9.86. The summed E-state index contributed by atoms with van der Waals surface area (Å²) in [6.07, 6.45) is 6.35. The van der Waals surface area contributed by atoms with Crippen molar-refractivity contribution in [3.8, 4) is 10.4 Å². The first kappa shape index (κ1) is 25.6. The number of aromatic nitrogens is 2. The molecule has 0 aliphatic heterocycles. The van der Waals surface area contributed by atoms with E-state index in [1.54, 1.807) is 30.6 Å². The maximum Gasteiger partial charge on any atom is 0.407 e. The molecule has 3 aromatic rings. The van der Waals surface area contributed by atoms with Crippen LogP contribution in [0.25, 0.3) is 10.4 Å². The Bertz CT molecular complexity index is 1180. The molecule has 0 unspecified atom stereocenters. The Labute approximate surface area is 213 Å². The fraction of sp³-hybridized carbons (Fsp3) is 0.385. The number of benzene rings is 1. The molecule has 1 aromatic carbocycles. The van der Waals surface area contributed by atoms with Crippen LogP contribution in [0.3, 0.4) is 0 Å². The molecule has 0 spiro atoms. The zero-order valence-electron chi connectivity index (χ0n) is 20.3. The van der Waals surface area contributed by atoms with Crippen molar-refractivity contribution in [2.24, 2.45) is 0 Å². The smallest absolute Gasteiger partial charge is 0.407 e. The van der Waals surface area contributed by atoms with E-state index in [1.165, 1.54) is 17.4 Å². The summed E-state index contributed by atoms with van der Waals surface area (Å²) in [5, 5.41) is 9.25. The van der Waals surface area contributed by atoms with Crippen LogP contribution in [0.1, 0.15) is 56.2 Å². The molecular formula is C26H30FN5O3S. The lowest BCUT2D eigenvalue weighted by Crippen LogP contribution is -2.38. The summed E-state index contributed by atoms with van der Waals surface area (Å²) in [5.74, 6) is -0.140. The topological polar surface area (TPSA) is 105 Å². The van der Waals surface area contributed by atoms with E-state index in [-0.39, 0.29) is 30.7 Å². The lowest BCUT2D eigenvalue weighted by molar-refractivity contribution is 0.109. The first-order valence-corrected chi connectivity index (χ1v) is 12.9. The van der Waals surface area contributed by atoms with E-state index in [1.807, 2.05) is 26.0 Å². The van der Waals surface area contributed by atoms with Crippen molar-refractivity contribution < 1.29 is 18.7 Å². The van der Waals surface area contributed by atoms with Gasteiger partial charge >= 0.3 is 12.1 Å². The van der Waals surface area contributed by atoms with Gasteiger partial charge in [0.15, 0.2) is 0 Å². The van der Waals surface area contributed by atoms with Crippen LogP contribution in [-0.2, 0) is 11.3 Å². The number of carbonyl (C=O) groups is 2. The molecule has 2 heterocycles. The minimum atomic E-state index is -0.435. The summed E-state index contributed by atoms with van der Waals surface area (Å²) in [5.41, 5.74) is 1.54. The molecule has 4 rings (SSSR count). The molecule has 8 nitrogen and oxygen atoms in total. The Morgan fingerprint density at radius 2 is 1.94 bits per heavy atom. The third-order valence-electron chi connectivity index (χ3n) is 5.91. The second kappa shape index (κ2) is 11.9. The van der Waals surface area contributed by atoms with Crippen LogP contribution in [0.15, 0.2) is 48.8 Å². The highest BCUT2D eigenvalue weighted by Gasteiger charge is 2.26. The van der Waals surface area contributed by atoms with Crippen LogP contribution in [0.4, 0.5) is 19.7 Å². The molecule has 0 bridgehead atoms. The molecule has 3 N–H and O–H groups in total. The van der Waals surface area contributed by atoms with E-state index in [4.69, 9.17) is 4.74 Å². The Kier molecular flexibility index (Phi) is 8.48. The second-order valence-electron chi connectivity index (χ2n) is 9.03. The van der Waals surface area contributed by atoms with Gasteiger partial charge in [-0.25, -0.2) is 19.0 Å². The van der Waals surface area contributed by atoms with Crippen molar-refractivity contribution in [1.82, 2.24) is 20.6 Å². The summed E-state index contributed by atoms with van der Waals surface area (Å²) in [4.78, 5) is 33.4. The Morgan fingerprint density at radius 3 is 2.64 bits per heavy atom. The molecule has 0 radical (unpaired) electrons. The molecule has 2 aromatic heterocycles. The average molecular weight is 512 g/mol. The van der Waals surface area contributed by atoms with E-state index < -0.39 is 11.8 Å². The van der Waals surface area contributed by atoms with Gasteiger partial charge in [0, 0.05) is 35.6 Å². The summed E-state index contributed by atoms with van der Waals surface area (Å²) in [7, 11) is 0. The van der Waals surface area contributed by atoms with Gasteiger partial charge in [-0.15, -0.1) is 11.3 Å². The maximum atomic E-state index is 14.9. The molecule has 1 saturated carbocycles.